The van der Waals surface area contributed by atoms with Crippen LogP contribution >= 0.6 is 0 Å². The third-order valence-corrected chi connectivity index (χ3v) is 5.66. The van der Waals surface area contributed by atoms with Gasteiger partial charge >= 0.3 is 0 Å². The van der Waals surface area contributed by atoms with E-state index in [4.69, 9.17) is 4.74 Å². The lowest BCUT2D eigenvalue weighted by molar-refractivity contribution is 0.415. The summed E-state index contributed by atoms with van der Waals surface area (Å²) in [6.07, 6.45) is 1.95. The first kappa shape index (κ1) is 18.2. The van der Waals surface area contributed by atoms with Gasteiger partial charge in [0.25, 0.3) is 5.56 Å². The van der Waals surface area contributed by atoms with Gasteiger partial charge in [-0.3, -0.25) is 9.20 Å². The van der Waals surface area contributed by atoms with Crippen molar-refractivity contribution in [3.8, 4) is 28.0 Å². The molecule has 0 fully saturated rings. The number of aromatic nitrogens is 1. The maximum absolute atomic E-state index is 13.8. The lowest BCUT2D eigenvalue weighted by Gasteiger charge is -2.15. The second-order valence-corrected chi connectivity index (χ2v) is 7.45. The normalized spacial score (nSPS) is 11.1. The van der Waals surface area contributed by atoms with Crippen LogP contribution in [0.15, 0.2) is 95.9 Å². The van der Waals surface area contributed by atoms with Gasteiger partial charge in [0.05, 0.1) is 18.2 Å². The van der Waals surface area contributed by atoms with E-state index >= 15 is 0 Å². The Bertz CT molecular complexity index is 1430. The van der Waals surface area contributed by atoms with Crippen LogP contribution in [0.5, 0.6) is 5.75 Å². The quantitative estimate of drug-likeness (QED) is 0.348. The van der Waals surface area contributed by atoms with Crippen LogP contribution < -0.4 is 10.3 Å². The molecule has 0 spiro atoms. The number of pyridine rings is 2. The Kier molecular flexibility index (Phi) is 4.36. The first-order chi connectivity index (χ1) is 14.7. The molecule has 0 aliphatic heterocycles. The zero-order valence-electron chi connectivity index (χ0n) is 16.9. The fraction of sp³-hybridized carbons (Fsp3) is 0.0741. The number of fused-ring (bicyclic) bond motifs is 3. The zero-order valence-corrected chi connectivity index (χ0v) is 16.9. The van der Waals surface area contributed by atoms with E-state index in [1.54, 1.807) is 11.5 Å². The highest BCUT2D eigenvalue weighted by atomic mass is 16.5. The van der Waals surface area contributed by atoms with Crippen LogP contribution in [0.2, 0.25) is 0 Å². The molecular weight excluding hydrogens is 370 g/mol. The summed E-state index contributed by atoms with van der Waals surface area (Å²) in [7, 11) is 1.65. The molecule has 0 saturated heterocycles. The second kappa shape index (κ2) is 7.20. The van der Waals surface area contributed by atoms with Gasteiger partial charge in [-0.25, -0.2) is 0 Å². The Hall–Kier alpha value is -3.85. The van der Waals surface area contributed by atoms with E-state index in [1.165, 1.54) is 0 Å². The monoisotopic (exact) mass is 391 g/mol. The van der Waals surface area contributed by atoms with Gasteiger partial charge < -0.3 is 4.74 Å². The molecule has 0 unspecified atom stereocenters. The molecule has 0 atom stereocenters. The van der Waals surface area contributed by atoms with Crippen molar-refractivity contribution < 1.29 is 4.74 Å². The fourth-order valence-corrected chi connectivity index (χ4v) is 4.15. The average molecular weight is 391 g/mol. The molecular formula is C27H21NO2. The number of aryl methyl sites for hydroxylation is 1. The number of benzene rings is 3. The van der Waals surface area contributed by atoms with Crippen molar-refractivity contribution in [2.24, 2.45) is 0 Å². The molecule has 0 bridgehead atoms. The van der Waals surface area contributed by atoms with Crippen LogP contribution in [0.3, 0.4) is 0 Å². The highest BCUT2D eigenvalue weighted by molar-refractivity contribution is 6.00. The largest absolute Gasteiger partial charge is 0.497 e. The van der Waals surface area contributed by atoms with Gasteiger partial charge in [-0.2, -0.15) is 0 Å². The average Bonchev–Trinajstić information content (AvgIpc) is 2.80. The van der Waals surface area contributed by atoms with Crippen LogP contribution in [0.25, 0.3) is 38.5 Å². The molecule has 146 valence electrons. The lowest BCUT2D eigenvalue weighted by atomic mass is 9.94. The van der Waals surface area contributed by atoms with Crippen LogP contribution in [-0.2, 0) is 0 Å². The number of rotatable bonds is 3. The molecule has 5 rings (SSSR count). The minimum absolute atomic E-state index is 0.0154. The van der Waals surface area contributed by atoms with E-state index in [9.17, 15) is 4.79 Å². The minimum atomic E-state index is -0.0154. The van der Waals surface area contributed by atoms with Crippen LogP contribution in [0, 0.1) is 6.92 Å². The van der Waals surface area contributed by atoms with Crippen molar-refractivity contribution >= 4 is 16.3 Å². The van der Waals surface area contributed by atoms with Gasteiger partial charge in [0.1, 0.15) is 5.75 Å². The number of hydrogen-bond acceptors (Lipinski definition) is 2. The van der Waals surface area contributed by atoms with E-state index in [-0.39, 0.29) is 5.56 Å². The minimum Gasteiger partial charge on any atom is -0.497 e. The predicted molar refractivity (Wildman–Crippen MR) is 123 cm³/mol. The molecule has 5 aromatic rings. The second-order valence-electron chi connectivity index (χ2n) is 7.45. The fourth-order valence-electron chi connectivity index (χ4n) is 4.15. The van der Waals surface area contributed by atoms with Crippen LogP contribution in [-0.4, -0.2) is 11.5 Å². The van der Waals surface area contributed by atoms with Crippen LogP contribution in [0.4, 0.5) is 0 Å². The van der Waals surface area contributed by atoms with Crippen molar-refractivity contribution in [2.45, 2.75) is 6.92 Å². The van der Waals surface area contributed by atoms with Gasteiger partial charge in [-0.1, -0.05) is 66.7 Å². The van der Waals surface area contributed by atoms with Gasteiger partial charge in [-0.15, -0.1) is 0 Å². The van der Waals surface area contributed by atoms with Crippen molar-refractivity contribution in [2.75, 3.05) is 7.11 Å². The molecule has 2 aromatic heterocycles. The lowest BCUT2D eigenvalue weighted by Crippen LogP contribution is -2.17. The smallest absolute Gasteiger partial charge is 0.263 e. The Morgan fingerprint density at radius 2 is 1.43 bits per heavy atom. The third-order valence-electron chi connectivity index (χ3n) is 5.66. The topological polar surface area (TPSA) is 30.7 Å². The third kappa shape index (κ3) is 2.87. The summed E-state index contributed by atoms with van der Waals surface area (Å²) < 4.78 is 7.10. The van der Waals surface area contributed by atoms with E-state index in [0.29, 0.717) is 5.56 Å². The Morgan fingerprint density at radius 1 is 0.767 bits per heavy atom. The summed E-state index contributed by atoms with van der Waals surface area (Å²) >= 11 is 0. The first-order valence-corrected chi connectivity index (χ1v) is 9.95. The number of methoxy groups -OCH3 is 1. The maximum atomic E-state index is 13.8. The van der Waals surface area contributed by atoms with Crippen molar-refractivity contribution in [3.63, 3.8) is 0 Å². The molecule has 3 nitrogen and oxygen atoms in total. The Balaban J connectivity index is 1.93. The summed E-state index contributed by atoms with van der Waals surface area (Å²) in [5.41, 5.74) is 5.49. The summed E-state index contributed by atoms with van der Waals surface area (Å²) in [6.45, 7) is 2.05. The maximum Gasteiger partial charge on any atom is 0.263 e. The molecule has 0 radical (unpaired) electrons. The summed E-state index contributed by atoms with van der Waals surface area (Å²) in [5, 5.41) is 2.23. The van der Waals surface area contributed by atoms with Crippen molar-refractivity contribution in [1.82, 2.24) is 4.40 Å². The molecule has 3 aromatic carbocycles. The summed E-state index contributed by atoms with van der Waals surface area (Å²) in [4.78, 5) is 13.8. The van der Waals surface area contributed by atoms with Gasteiger partial charge in [0.15, 0.2) is 0 Å². The number of hydrogen-bond donors (Lipinski definition) is 0. The molecule has 0 aliphatic carbocycles. The van der Waals surface area contributed by atoms with Gasteiger partial charge in [-0.05, 0) is 52.8 Å². The molecule has 3 heteroatoms. The van der Waals surface area contributed by atoms with Gasteiger partial charge in [0, 0.05) is 11.6 Å². The highest BCUT2D eigenvalue weighted by Crippen LogP contribution is 2.33. The Labute approximate surface area is 174 Å². The molecule has 0 N–H and O–H groups in total. The molecule has 2 heterocycles. The summed E-state index contributed by atoms with van der Waals surface area (Å²) in [6, 6.07) is 28.1. The molecule has 0 amide bonds. The molecule has 0 saturated carbocycles. The Morgan fingerprint density at radius 3 is 2.13 bits per heavy atom. The highest BCUT2D eigenvalue weighted by Gasteiger charge is 2.16. The van der Waals surface area contributed by atoms with Gasteiger partial charge in [0.2, 0.25) is 0 Å². The molecule has 30 heavy (non-hydrogen) atoms. The number of nitrogens with zero attached hydrogens (tertiary/aromatic N) is 1. The van der Waals surface area contributed by atoms with E-state index in [2.05, 4.69) is 18.2 Å². The van der Waals surface area contributed by atoms with E-state index in [0.717, 1.165) is 44.3 Å². The standard InChI is InChI=1S/C27H21NO2/c1-18-17-28-25(23-11-7-6-10-22(18)23)16-24(19-12-14-21(30-2)15-13-19)26(27(28)29)20-8-4-3-5-9-20/h3-17H,1-2H3. The van der Waals surface area contributed by atoms with Crippen molar-refractivity contribution in [3.05, 3.63) is 107 Å². The first-order valence-electron chi connectivity index (χ1n) is 9.95. The number of ether oxygens (including phenoxy) is 1. The van der Waals surface area contributed by atoms with E-state index in [1.807, 2.05) is 79.9 Å². The predicted octanol–water partition coefficient (Wildman–Crippen LogP) is 6.10. The van der Waals surface area contributed by atoms with E-state index < -0.39 is 0 Å². The van der Waals surface area contributed by atoms with Crippen molar-refractivity contribution in [1.29, 1.82) is 0 Å². The van der Waals surface area contributed by atoms with Crippen LogP contribution in [0.1, 0.15) is 5.56 Å². The molecule has 0 aliphatic rings. The summed E-state index contributed by atoms with van der Waals surface area (Å²) in [5.74, 6) is 0.790. The SMILES string of the molecule is COc1ccc(-c2cc3c4ccccc4c(C)cn3c(=O)c2-c2ccccc2)cc1. The zero-order chi connectivity index (χ0) is 20.7.